The van der Waals surface area contributed by atoms with E-state index in [0.717, 1.165) is 37.7 Å². The largest absolute Gasteiger partial charge is 0.478 e. The van der Waals surface area contributed by atoms with Crippen molar-refractivity contribution in [1.29, 1.82) is 0 Å². The first-order valence-electron chi connectivity index (χ1n) is 9.63. The highest BCUT2D eigenvalue weighted by atomic mass is 16.4. The van der Waals surface area contributed by atoms with Crippen LogP contribution in [0.1, 0.15) is 59.3 Å². The van der Waals surface area contributed by atoms with Crippen molar-refractivity contribution in [1.82, 2.24) is 0 Å². The topological polar surface area (TPSA) is 54.4 Å². The molecule has 2 saturated carbocycles. The number of carbonyl (C=O) groups is 2. The second-order valence-electron chi connectivity index (χ2n) is 9.00. The zero-order chi connectivity index (χ0) is 18.0. The van der Waals surface area contributed by atoms with Crippen LogP contribution >= 0.6 is 0 Å². The summed E-state index contributed by atoms with van der Waals surface area (Å²) in [5, 5.41) is 9.48. The first kappa shape index (κ1) is 16.8. The molecule has 0 aromatic carbocycles. The summed E-state index contributed by atoms with van der Waals surface area (Å²) >= 11 is 0. The molecule has 0 aromatic rings. The number of ketones is 1. The Kier molecular flexibility index (Phi) is 3.65. The first-order valence-corrected chi connectivity index (χ1v) is 9.63. The average Bonchev–Trinajstić information content (AvgIpc) is 2.92. The third kappa shape index (κ3) is 2.24. The SMILES string of the molecule is CC(C(=O)O)=C1CC=C2[C@@H]3CCC4CC(=O)C=C[C@]4(C)[C@H]3CC[C@@]21C. The Hall–Kier alpha value is -1.64. The van der Waals surface area contributed by atoms with Crippen molar-refractivity contribution in [2.75, 3.05) is 0 Å². The van der Waals surface area contributed by atoms with E-state index in [0.29, 0.717) is 29.7 Å². The molecule has 134 valence electrons. The van der Waals surface area contributed by atoms with Crippen LogP contribution < -0.4 is 0 Å². The van der Waals surface area contributed by atoms with Crippen molar-refractivity contribution in [2.45, 2.75) is 59.3 Å². The van der Waals surface area contributed by atoms with Gasteiger partial charge in [-0.2, -0.15) is 0 Å². The van der Waals surface area contributed by atoms with Gasteiger partial charge >= 0.3 is 5.97 Å². The molecule has 2 fully saturated rings. The molecule has 0 aromatic heterocycles. The average molecular weight is 340 g/mol. The number of carboxylic acid groups (broad SMARTS) is 1. The minimum atomic E-state index is -0.780. The molecule has 0 amide bonds. The molecule has 4 aliphatic carbocycles. The molecule has 0 heterocycles. The summed E-state index contributed by atoms with van der Waals surface area (Å²) in [6.45, 7) is 6.38. The molecule has 5 atom stereocenters. The molecule has 3 nitrogen and oxygen atoms in total. The molecule has 1 unspecified atom stereocenters. The Morgan fingerprint density at radius 2 is 2.00 bits per heavy atom. The van der Waals surface area contributed by atoms with Crippen LogP contribution in [-0.2, 0) is 9.59 Å². The summed E-state index contributed by atoms with van der Waals surface area (Å²) in [6.07, 6.45) is 12.3. The molecule has 4 rings (SSSR count). The van der Waals surface area contributed by atoms with Gasteiger partial charge < -0.3 is 5.11 Å². The van der Waals surface area contributed by atoms with Crippen LogP contribution in [0.4, 0.5) is 0 Å². The minimum absolute atomic E-state index is 0.0684. The van der Waals surface area contributed by atoms with Crippen LogP contribution in [0.2, 0.25) is 0 Å². The van der Waals surface area contributed by atoms with Crippen molar-refractivity contribution < 1.29 is 14.7 Å². The Labute approximate surface area is 149 Å². The summed E-state index contributed by atoms with van der Waals surface area (Å²) < 4.78 is 0. The number of allylic oxidation sites excluding steroid dienone is 5. The van der Waals surface area contributed by atoms with Crippen molar-refractivity contribution in [3.63, 3.8) is 0 Å². The van der Waals surface area contributed by atoms with Crippen molar-refractivity contribution >= 4 is 11.8 Å². The Bertz CT molecular complexity index is 740. The lowest BCUT2D eigenvalue weighted by Crippen LogP contribution is -2.49. The fourth-order valence-corrected chi connectivity index (χ4v) is 6.51. The Balaban J connectivity index is 1.71. The van der Waals surface area contributed by atoms with Crippen LogP contribution in [0.15, 0.2) is 34.9 Å². The van der Waals surface area contributed by atoms with Gasteiger partial charge in [0.05, 0.1) is 0 Å². The lowest BCUT2D eigenvalue weighted by molar-refractivity contribution is -0.132. The molecule has 4 aliphatic rings. The highest BCUT2D eigenvalue weighted by Gasteiger charge is 2.55. The minimum Gasteiger partial charge on any atom is -0.478 e. The maximum absolute atomic E-state index is 11.9. The molecule has 0 bridgehead atoms. The van der Waals surface area contributed by atoms with Crippen LogP contribution in [-0.4, -0.2) is 16.9 Å². The lowest BCUT2D eigenvalue weighted by atomic mass is 9.47. The van der Waals surface area contributed by atoms with Gasteiger partial charge in [-0.05, 0) is 73.8 Å². The molecule has 0 aliphatic heterocycles. The third-order valence-electron chi connectivity index (χ3n) is 8.02. The Morgan fingerprint density at radius 3 is 2.72 bits per heavy atom. The first-order chi connectivity index (χ1) is 11.8. The molecule has 25 heavy (non-hydrogen) atoms. The van der Waals surface area contributed by atoms with Crippen LogP contribution in [0.5, 0.6) is 0 Å². The van der Waals surface area contributed by atoms with E-state index in [-0.39, 0.29) is 16.6 Å². The monoisotopic (exact) mass is 340 g/mol. The third-order valence-corrected chi connectivity index (χ3v) is 8.02. The van der Waals surface area contributed by atoms with E-state index in [2.05, 4.69) is 26.0 Å². The van der Waals surface area contributed by atoms with E-state index in [4.69, 9.17) is 0 Å². The molecule has 1 N–H and O–H groups in total. The van der Waals surface area contributed by atoms with Crippen molar-refractivity contribution in [3.05, 3.63) is 34.9 Å². The molecule has 0 saturated heterocycles. The molecule has 3 heteroatoms. The van der Waals surface area contributed by atoms with Gasteiger partial charge in [0.15, 0.2) is 5.78 Å². The van der Waals surface area contributed by atoms with Gasteiger partial charge in [-0.15, -0.1) is 0 Å². The number of carbonyl (C=O) groups excluding carboxylic acids is 1. The van der Waals surface area contributed by atoms with Crippen molar-refractivity contribution in [3.8, 4) is 0 Å². The van der Waals surface area contributed by atoms with E-state index >= 15 is 0 Å². The number of rotatable bonds is 1. The van der Waals surface area contributed by atoms with E-state index in [1.807, 2.05) is 6.08 Å². The molecular formula is C22H28O3. The van der Waals surface area contributed by atoms with Crippen LogP contribution in [0.25, 0.3) is 0 Å². The normalized spacial score (nSPS) is 44.5. The van der Waals surface area contributed by atoms with E-state index < -0.39 is 5.97 Å². The predicted molar refractivity (Wildman–Crippen MR) is 97.0 cm³/mol. The molecular weight excluding hydrogens is 312 g/mol. The maximum atomic E-state index is 11.9. The summed E-state index contributed by atoms with van der Waals surface area (Å²) in [6, 6.07) is 0. The zero-order valence-electron chi connectivity index (χ0n) is 15.5. The van der Waals surface area contributed by atoms with Gasteiger partial charge in [0, 0.05) is 17.4 Å². The van der Waals surface area contributed by atoms with Crippen molar-refractivity contribution in [2.24, 2.45) is 28.6 Å². The van der Waals surface area contributed by atoms with Crippen LogP contribution in [0.3, 0.4) is 0 Å². The number of carboxylic acids is 1. The smallest absolute Gasteiger partial charge is 0.331 e. The lowest BCUT2D eigenvalue weighted by Gasteiger charge is -2.56. The second kappa shape index (κ2) is 5.43. The number of aliphatic carboxylic acids is 1. The van der Waals surface area contributed by atoms with E-state index in [1.54, 1.807) is 6.92 Å². The predicted octanol–water partition coefficient (Wildman–Crippen LogP) is 4.70. The summed E-state index contributed by atoms with van der Waals surface area (Å²) in [5.41, 5.74) is 3.20. The molecule has 0 spiro atoms. The fourth-order valence-electron chi connectivity index (χ4n) is 6.51. The van der Waals surface area contributed by atoms with Gasteiger partial charge in [-0.25, -0.2) is 4.79 Å². The molecule has 0 radical (unpaired) electrons. The van der Waals surface area contributed by atoms with Gasteiger partial charge in [0.1, 0.15) is 0 Å². The van der Waals surface area contributed by atoms with Gasteiger partial charge in [0.25, 0.3) is 0 Å². The highest BCUT2D eigenvalue weighted by molar-refractivity contribution is 5.91. The van der Waals surface area contributed by atoms with Gasteiger partial charge in [-0.3, -0.25) is 4.79 Å². The van der Waals surface area contributed by atoms with E-state index in [9.17, 15) is 14.7 Å². The fraction of sp³-hybridized carbons (Fsp3) is 0.636. The number of fused-ring (bicyclic) bond motifs is 5. The standard InChI is InChI=1S/C22H28O3/c1-13(20(24)25)17-6-7-18-16-5-4-14-12-15(23)8-10-21(14,2)19(16)9-11-22(17,18)3/h7-8,10,14,16,19H,4-6,9,11-12H2,1-3H3,(H,24,25)/t14?,16-,19-,21-,22+/m0/s1. The van der Waals surface area contributed by atoms with Crippen LogP contribution in [0, 0.1) is 28.6 Å². The summed E-state index contributed by atoms with van der Waals surface area (Å²) in [5.74, 6) is 1.10. The quantitative estimate of drug-likeness (QED) is 0.556. The highest BCUT2D eigenvalue weighted by Crippen LogP contribution is 2.64. The maximum Gasteiger partial charge on any atom is 0.331 e. The number of hydrogen-bond donors (Lipinski definition) is 1. The Morgan fingerprint density at radius 1 is 1.24 bits per heavy atom. The summed E-state index contributed by atoms with van der Waals surface area (Å²) in [4.78, 5) is 23.4. The zero-order valence-corrected chi connectivity index (χ0v) is 15.5. The second-order valence-corrected chi connectivity index (χ2v) is 9.00. The van der Waals surface area contributed by atoms with Gasteiger partial charge in [-0.1, -0.05) is 31.6 Å². The summed E-state index contributed by atoms with van der Waals surface area (Å²) in [7, 11) is 0. The number of hydrogen-bond acceptors (Lipinski definition) is 2. The van der Waals surface area contributed by atoms with E-state index in [1.165, 1.54) is 5.57 Å². The van der Waals surface area contributed by atoms with Gasteiger partial charge in [0.2, 0.25) is 0 Å².